The monoisotopic (exact) mass is 346 g/mol. The molecule has 0 aliphatic rings. The zero-order valence-electron chi connectivity index (χ0n) is 12.7. The van der Waals surface area contributed by atoms with Gasteiger partial charge in [0, 0.05) is 30.2 Å². The Morgan fingerprint density at radius 3 is 2.17 bits per heavy atom. The molecule has 0 atom stereocenters. The van der Waals surface area contributed by atoms with Crippen LogP contribution in [0.15, 0.2) is 59.5 Å². The summed E-state index contributed by atoms with van der Waals surface area (Å²) in [7, 11) is -3.28. The number of carbonyl (C=O) groups is 1. The number of amides is 1. The summed E-state index contributed by atoms with van der Waals surface area (Å²) in [4.78, 5) is 22.0. The largest absolute Gasteiger partial charge is 0.323 e. The van der Waals surface area contributed by atoms with Crippen LogP contribution in [-0.4, -0.2) is 25.5 Å². The summed E-state index contributed by atoms with van der Waals surface area (Å²) in [5.74, 6) is -0.402. The first-order valence-corrected chi connectivity index (χ1v) is 8.68. The van der Waals surface area contributed by atoms with Gasteiger partial charge in [0.05, 0.1) is 9.82 Å². The van der Waals surface area contributed by atoms with E-state index < -0.39 is 20.7 Å². The predicted octanol–water partition coefficient (Wildman–Crippen LogP) is 2.65. The second-order valence-electron chi connectivity index (χ2n) is 4.97. The lowest BCUT2D eigenvalue weighted by atomic mass is 10.2. The number of non-ortho nitro benzene ring substituents is 1. The summed E-state index contributed by atoms with van der Waals surface area (Å²) in [6.45, 7) is 0. The third-order valence-electron chi connectivity index (χ3n) is 3.08. The fourth-order valence-electron chi connectivity index (χ4n) is 1.85. The van der Waals surface area contributed by atoms with Gasteiger partial charge in [0.1, 0.15) is 0 Å². The molecule has 24 heavy (non-hydrogen) atoms. The molecule has 1 amide bonds. The van der Waals surface area contributed by atoms with Crippen molar-refractivity contribution in [2.45, 2.75) is 4.90 Å². The number of nitro groups is 1. The normalized spacial score (nSPS) is 11.4. The number of anilines is 1. The molecule has 2 aromatic carbocycles. The highest BCUT2D eigenvalue weighted by Crippen LogP contribution is 2.15. The molecule has 0 saturated heterocycles. The number of hydrogen-bond acceptors (Lipinski definition) is 5. The van der Waals surface area contributed by atoms with Crippen LogP contribution >= 0.6 is 0 Å². The van der Waals surface area contributed by atoms with Gasteiger partial charge in [-0.05, 0) is 48.0 Å². The van der Waals surface area contributed by atoms with Crippen LogP contribution in [0.25, 0.3) is 6.08 Å². The second-order valence-corrected chi connectivity index (χ2v) is 6.98. The fraction of sp³-hybridized carbons (Fsp3) is 0.0625. The molecule has 0 saturated carbocycles. The highest BCUT2D eigenvalue weighted by molar-refractivity contribution is 7.90. The Bertz CT molecular complexity index is 885. The van der Waals surface area contributed by atoms with E-state index in [1.807, 2.05) is 0 Å². The summed E-state index contributed by atoms with van der Waals surface area (Å²) in [6.07, 6.45) is 3.91. The molecule has 8 heteroatoms. The Morgan fingerprint density at radius 2 is 1.67 bits per heavy atom. The molecule has 0 spiro atoms. The van der Waals surface area contributed by atoms with Gasteiger partial charge in [0.2, 0.25) is 5.91 Å². The Labute approximate surface area is 138 Å². The van der Waals surface area contributed by atoms with Crippen LogP contribution in [0.2, 0.25) is 0 Å². The molecule has 2 aromatic rings. The molecule has 0 unspecified atom stereocenters. The van der Waals surface area contributed by atoms with E-state index in [0.29, 0.717) is 11.3 Å². The quantitative estimate of drug-likeness (QED) is 0.509. The van der Waals surface area contributed by atoms with Crippen molar-refractivity contribution in [2.24, 2.45) is 0 Å². The molecule has 7 nitrogen and oxygen atoms in total. The summed E-state index contributed by atoms with van der Waals surface area (Å²) < 4.78 is 22.7. The lowest BCUT2D eigenvalue weighted by molar-refractivity contribution is -0.384. The zero-order chi connectivity index (χ0) is 17.7. The van der Waals surface area contributed by atoms with Crippen LogP contribution < -0.4 is 5.32 Å². The first-order chi connectivity index (χ1) is 11.3. The zero-order valence-corrected chi connectivity index (χ0v) is 13.5. The summed E-state index contributed by atoms with van der Waals surface area (Å²) >= 11 is 0. The molecular weight excluding hydrogens is 332 g/mol. The van der Waals surface area contributed by atoms with Crippen LogP contribution in [0.5, 0.6) is 0 Å². The van der Waals surface area contributed by atoms with Crippen molar-refractivity contribution < 1.29 is 18.1 Å². The van der Waals surface area contributed by atoms with Crippen molar-refractivity contribution in [3.05, 3.63) is 70.3 Å². The Hall–Kier alpha value is -3.00. The highest BCUT2D eigenvalue weighted by Gasteiger charge is 2.07. The van der Waals surface area contributed by atoms with E-state index in [9.17, 15) is 23.3 Å². The SMILES string of the molecule is CS(=O)(=O)c1ccc(NC(=O)/C=C\c2ccc([N+](=O)[O-])cc2)cc1. The van der Waals surface area contributed by atoms with Gasteiger partial charge in [0.15, 0.2) is 9.84 Å². The highest BCUT2D eigenvalue weighted by atomic mass is 32.2. The molecule has 0 heterocycles. The van der Waals surface area contributed by atoms with Gasteiger partial charge in [-0.2, -0.15) is 0 Å². The number of nitro benzene ring substituents is 1. The third-order valence-corrected chi connectivity index (χ3v) is 4.21. The summed E-state index contributed by atoms with van der Waals surface area (Å²) in [5, 5.41) is 13.1. The van der Waals surface area contributed by atoms with Gasteiger partial charge in [-0.25, -0.2) is 8.42 Å². The minimum absolute atomic E-state index is 0.0254. The molecule has 0 bridgehead atoms. The molecule has 0 aliphatic carbocycles. The fourth-order valence-corrected chi connectivity index (χ4v) is 2.48. The molecule has 0 aromatic heterocycles. The topological polar surface area (TPSA) is 106 Å². The van der Waals surface area contributed by atoms with E-state index in [-0.39, 0.29) is 10.6 Å². The number of sulfone groups is 1. The van der Waals surface area contributed by atoms with E-state index in [0.717, 1.165) is 6.26 Å². The van der Waals surface area contributed by atoms with Gasteiger partial charge >= 0.3 is 0 Å². The van der Waals surface area contributed by atoms with E-state index in [1.54, 1.807) is 0 Å². The van der Waals surface area contributed by atoms with E-state index >= 15 is 0 Å². The van der Waals surface area contributed by atoms with Gasteiger partial charge < -0.3 is 5.32 Å². The lowest BCUT2D eigenvalue weighted by Gasteiger charge is -2.03. The maximum Gasteiger partial charge on any atom is 0.269 e. The minimum atomic E-state index is -3.28. The predicted molar refractivity (Wildman–Crippen MR) is 90.3 cm³/mol. The van der Waals surface area contributed by atoms with Crippen molar-refractivity contribution in [3.63, 3.8) is 0 Å². The summed E-state index contributed by atoms with van der Waals surface area (Å²) in [5.41, 5.74) is 1.08. The molecule has 0 aliphatic heterocycles. The van der Waals surface area contributed by atoms with Crippen molar-refractivity contribution in [3.8, 4) is 0 Å². The minimum Gasteiger partial charge on any atom is -0.323 e. The number of nitrogens with zero attached hydrogens (tertiary/aromatic N) is 1. The van der Waals surface area contributed by atoms with Crippen molar-refractivity contribution in [1.82, 2.24) is 0 Å². The van der Waals surface area contributed by atoms with E-state index in [1.165, 1.54) is 60.7 Å². The maximum absolute atomic E-state index is 11.8. The van der Waals surface area contributed by atoms with Gasteiger partial charge in [-0.15, -0.1) is 0 Å². The first kappa shape index (κ1) is 17.4. The van der Waals surface area contributed by atoms with E-state index in [4.69, 9.17) is 0 Å². The second kappa shape index (κ2) is 7.05. The molecule has 0 fully saturated rings. The first-order valence-electron chi connectivity index (χ1n) is 6.79. The molecule has 0 radical (unpaired) electrons. The van der Waals surface area contributed by atoms with Crippen LogP contribution in [0, 0.1) is 10.1 Å². The molecule has 2 rings (SSSR count). The van der Waals surface area contributed by atoms with E-state index in [2.05, 4.69) is 5.32 Å². The summed E-state index contributed by atoms with van der Waals surface area (Å²) in [6, 6.07) is 11.6. The van der Waals surface area contributed by atoms with Crippen LogP contribution in [-0.2, 0) is 14.6 Å². The average molecular weight is 346 g/mol. The average Bonchev–Trinajstić information content (AvgIpc) is 2.53. The van der Waals surface area contributed by atoms with Crippen LogP contribution in [0.3, 0.4) is 0 Å². The van der Waals surface area contributed by atoms with Gasteiger partial charge in [-0.1, -0.05) is 0 Å². The number of hydrogen-bond donors (Lipinski definition) is 1. The number of benzene rings is 2. The van der Waals surface area contributed by atoms with Gasteiger partial charge in [0.25, 0.3) is 5.69 Å². The molecular formula is C16H14N2O5S. The Kier molecular flexibility index (Phi) is 5.10. The van der Waals surface area contributed by atoms with Gasteiger partial charge in [-0.3, -0.25) is 14.9 Å². The number of rotatable bonds is 5. The number of nitrogens with one attached hydrogen (secondary N) is 1. The van der Waals surface area contributed by atoms with Crippen molar-refractivity contribution in [2.75, 3.05) is 11.6 Å². The lowest BCUT2D eigenvalue weighted by Crippen LogP contribution is -2.08. The molecule has 1 N–H and O–H groups in total. The van der Waals surface area contributed by atoms with Crippen molar-refractivity contribution in [1.29, 1.82) is 0 Å². The van der Waals surface area contributed by atoms with Crippen LogP contribution in [0.4, 0.5) is 11.4 Å². The Balaban J connectivity index is 2.01. The standard InChI is InChI=1S/C16H14N2O5S/c1-24(22,23)15-9-5-13(6-10-15)17-16(19)11-4-12-2-7-14(8-3-12)18(20)21/h2-11H,1H3,(H,17,19)/b11-4-. The van der Waals surface area contributed by atoms with Crippen LogP contribution in [0.1, 0.15) is 5.56 Å². The van der Waals surface area contributed by atoms with Crippen molar-refractivity contribution >= 4 is 33.2 Å². The third kappa shape index (κ3) is 4.75. The smallest absolute Gasteiger partial charge is 0.269 e. The maximum atomic E-state index is 11.8. The number of carbonyl (C=O) groups excluding carboxylic acids is 1. The Morgan fingerprint density at radius 1 is 1.08 bits per heavy atom. The molecule has 124 valence electrons.